The minimum atomic E-state index is -2.72. The zero-order chi connectivity index (χ0) is 28.7. The molecule has 216 valence electrons. The van der Waals surface area contributed by atoms with Gasteiger partial charge < -0.3 is 25.3 Å². The van der Waals surface area contributed by atoms with Gasteiger partial charge in [-0.2, -0.15) is 14.8 Å². The van der Waals surface area contributed by atoms with Gasteiger partial charge in [-0.15, -0.1) is 5.10 Å². The van der Waals surface area contributed by atoms with Gasteiger partial charge in [0.1, 0.15) is 6.07 Å². The first-order valence-corrected chi connectivity index (χ1v) is 14.2. The third-order valence-corrected chi connectivity index (χ3v) is 8.37. The number of fused-ring (bicyclic) bond motifs is 1. The number of benzene rings is 1. The third-order valence-electron chi connectivity index (χ3n) is 7.97. The Bertz CT molecular complexity index is 1490. The molecule has 0 spiro atoms. The molecule has 0 radical (unpaired) electrons. The number of piperidine rings is 1. The van der Waals surface area contributed by atoms with Gasteiger partial charge in [-0.05, 0) is 44.9 Å². The number of nitriles is 1. The molecule has 41 heavy (non-hydrogen) atoms. The summed E-state index contributed by atoms with van der Waals surface area (Å²) in [6.07, 6.45) is 1.92. The Labute approximate surface area is 241 Å². The topological polar surface area (TPSA) is 118 Å². The van der Waals surface area contributed by atoms with Crippen molar-refractivity contribution in [1.29, 1.82) is 5.26 Å². The Balaban J connectivity index is 1.24. The van der Waals surface area contributed by atoms with E-state index in [0.29, 0.717) is 43.1 Å². The number of carbonyl (C=O) groups is 1. The van der Waals surface area contributed by atoms with E-state index in [4.69, 9.17) is 11.6 Å². The van der Waals surface area contributed by atoms with E-state index in [1.807, 2.05) is 9.80 Å². The van der Waals surface area contributed by atoms with E-state index >= 15 is 0 Å². The SMILES string of the molecule is CN1CCN(C(=O)C2CCN(c3cc(C(F)F)cc(Nc4nc(NC5CC5)c5ncc(C#N)n5n4)c3Cl)CC2)CC1. The summed E-state index contributed by atoms with van der Waals surface area (Å²) in [4.78, 5) is 28.0. The Morgan fingerprint density at radius 1 is 1.12 bits per heavy atom. The van der Waals surface area contributed by atoms with Gasteiger partial charge in [-0.25, -0.2) is 13.8 Å². The van der Waals surface area contributed by atoms with Crippen LogP contribution in [0.2, 0.25) is 5.02 Å². The molecule has 1 aromatic carbocycles. The van der Waals surface area contributed by atoms with Gasteiger partial charge in [0.2, 0.25) is 11.9 Å². The number of anilines is 4. The predicted molar refractivity (Wildman–Crippen MR) is 151 cm³/mol. The molecule has 3 fully saturated rings. The smallest absolute Gasteiger partial charge is 0.264 e. The number of hydrogen-bond donors (Lipinski definition) is 2. The molecule has 1 amide bonds. The van der Waals surface area contributed by atoms with Crippen molar-refractivity contribution in [2.75, 3.05) is 61.8 Å². The zero-order valence-electron chi connectivity index (χ0n) is 22.7. The summed E-state index contributed by atoms with van der Waals surface area (Å²) < 4.78 is 29.4. The number of aromatic nitrogens is 4. The second-order valence-electron chi connectivity index (χ2n) is 10.9. The Kier molecular flexibility index (Phi) is 7.52. The van der Waals surface area contributed by atoms with Crippen LogP contribution in [-0.2, 0) is 4.79 Å². The summed E-state index contributed by atoms with van der Waals surface area (Å²) in [5.74, 6) is 0.615. The molecule has 2 aliphatic heterocycles. The van der Waals surface area contributed by atoms with E-state index in [9.17, 15) is 18.8 Å². The quantitative estimate of drug-likeness (QED) is 0.426. The Morgan fingerprint density at radius 3 is 2.51 bits per heavy atom. The molecule has 1 saturated carbocycles. The number of rotatable bonds is 7. The van der Waals surface area contributed by atoms with E-state index in [2.05, 4.69) is 43.7 Å². The Morgan fingerprint density at radius 2 is 1.85 bits per heavy atom. The molecule has 4 heterocycles. The highest BCUT2D eigenvalue weighted by atomic mass is 35.5. The number of likely N-dealkylation sites (N-methyl/N-ethyl adjacent to an activating group) is 1. The van der Waals surface area contributed by atoms with Crippen molar-refractivity contribution < 1.29 is 13.6 Å². The predicted octanol–water partition coefficient (Wildman–Crippen LogP) is 3.90. The summed E-state index contributed by atoms with van der Waals surface area (Å²) in [5, 5.41) is 20.4. The molecule has 14 heteroatoms. The number of carbonyl (C=O) groups excluding carboxylic acids is 1. The molecule has 0 bridgehead atoms. The normalized spacial score (nSPS) is 18.6. The molecule has 2 N–H and O–H groups in total. The standard InChI is InChI=1S/C27H31ClF2N10O/c1-37-8-10-39(11-9-37)26(41)16-4-6-38(7-5-16)21-13-17(23(29)30)12-20(22(21)28)34-27-35-24(33-18-2-3-18)25-32-15-19(14-31)40(25)36-27/h12-13,15-16,18,23H,2-11H2,1H3,(H2,33,34,35,36). The fraction of sp³-hybridized carbons (Fsp3) is 0.519. The highest BCUT2D eigenvalue weighted by molar-refractivity contribution is 6.36. The van der Waals surface area contributed by atoms with Crippen molar-refractivity contribution in [3.8, 4) is 6.07 Å². The number of halogens is 3. The lowest BCUT2D eigenvalue weighted by Gasteiger charge is -2.38. The van der Waals surface area contributed by atoms with Gasteiger partial charge in [-0.3, -0.25) is 4.79 Å². The van der Waals surface area contributed by atoms with Crippen molar-refractivity contribution in [3.63, 3.8) is 0 Å². The highest BCUT2D eigenvalue weighted by Crippen LogP contribution is 2.40. The van der Waals surface area contributed by atoms with Crippen LogP contribution in [0.15, 0.2) is 18.3 Å². The lowest BCUT2D eigenvalue weighted by atomic mass is 9.94. The van der Waals surface area contributed by atoms with Crippen LogP contribution in [0.4, 0.5) is 31.9 Å². The molecule has 0 atom stereocenters. The van der Waals surface area contributed by atoms with Crippen molar-refractivity contribution in [2.24, 2.45) is 5.92 Å². The molecular weight excluding hydrogens is 554 g/mol. The molecule has 6 rings (SSSR count). The van der Waals surface area contributed by atoms with Gasteiger partial charge >= 0.3 is 0 Å². The number of nitrogens with zero attached hydrogens (tertiary/aromatic N) is 8. The fourth-order valence-electron chi connectivity index (χ4n) is 5.38. The monoisotopic (exact) mass is 584 g/mol. The molecule has 3 aromatic rings. The second-order valence-corrected chi connectivity index (χ2v) is 11.3. The molecule has 2 saturated heterocycles. The van der Waals surface area contributed by atoms with Crippen molar-refractivity contribution >= 4 is 46.3 Å². The van der Waals surface area contributed by atoms with Crippen molar-refractivity contribution in [3.05, 3.63) is 34.6 Å². The van der Waals surface area contributed by atoms with E-state index in [1.165, 1.54) is 22.8 Å². The number of nitrogens with one attached hydrogen (secondary N) is 2. The van der Waals surface area contributed by atoms with E-state index in [-0.39, 0.29) is 45.8 Å². The fourth-order valence-corrected chi connectivity index (χ4v) is 5.66. The first-order chi connectivity index (χ1) is 19.8. The maximum atomic E-state index is 14.0. The number of imidazole rings is 1. The van der Waals surface area contributed by atoms with Gasteiger partial charge in [0.25, 0.3) is 6.43 Å². The second kappa shape index (κ2) is 11.3. The van der Waals surface area contributed by atoms with Crippen LogP contribution in [0, 0.1) is 17.2 Å². The van der Waals surface area contributed by atoms with Gasteiger partial charge in [-0.1, -0.05) is 11.6 Å². The van der Waals surface area contributed by atoms with Crippen LogP contribution in [0.25, 0.3) is 5.65 Å². The number of piperazine rings is 1. The van der Waals surface area contributed by atoms with Crippen molar-refractivity contribution in [2.45, 2.75) is 38.2 Å². The average molecular weight is 585 g/mol. The number of amides is 1. The Hall–Kier alpha value is -3.76. The molecular formula is C27H31ClF2N10O. The van der Waals surface area contributed by atoms with Crippen molar-refractivity contribution in [1.82, 2.24) is 29.4 Å². The van der Waals surface area contributed by atoms with E-state index in [1.54, 1.807) is 0 Å². The lowest BCUT2D eigenvalue weighted by Crippen LogP contribution is -2.50. The number of hydrogen-bond acceptors (Lipinski definition) is 9. The molecule has 2 aromatic heterocycles. The lowest BCUT2D eigenvalue weighted by molar-refractivity contribution is -0.137. The van der Waals surface area contributed by atoms with Gasteiger partial charge in [0.15, 0.2) is 17.2 Å². The molecule has 1 aliphatic carbocycles. The van der Waals surface area contributed by atoms with Crippen LogP contribution in [0.1, 0.15) is 43.4 Å². The van der Waals surface area contributed by atoms with Crippen LogP contribution < -0.4 is 15.5 Å². The summed E-state index contributed by atoms with van der Waals surface area (Å²) >= 11 is 6.82. The summed E-state index contributed by atoms with van der Waals surface area (Å²) in [6.45, 7) is 4.23. The summed E-state index contributed by atoms with van der Waals surface area (Å²) in [5.41, 5.74) is 1.12. The minimum absolute atomic E-state index is 0.0888. The van der Waals surface area contributed by atoms with Crippen LogP contribution in [-0.4, -0.2) is 87.6 Å². The average Bonchev–Trinajstić information content (AvgIpc) is 3.69. The van der Waals surface area contributed by atoms with E-state index < -0.39 is 6.43 Å². The maximum Gasteiger partial charge on any atom is 0.264 e. The van der Waals surface area contributed by atoms with Gasteiger partial charge in [0.05, 0.1) is 22.6 Å². The van der Waals surface area contributed by atoms with Crippen LogP contribution >= 0.6 is 11.6 Å². The minimum Gasteiger partial charge on any atom is -0.370 e. The molecule has 11 nitrogen and oxygen atoms in total. The number of alkyl halides is 2. The van der Waals surface area contributed by atoms with Crippen LogP contribution in [0.3, 0.4) is 0 Å². The first-order valence-electron chi connectivity index (χ1n) is 13.8. The van der Waals surface area contributed by atoms with Gasteiger partial charge in [0, 0.05) is 56.8 Å². The first kappa shape index (κ1) is 27.4. The maximum absolute atomic E-state index is 14.0. The summed E-state index contributed by atoms with van der Waals surface area (Å²) in [7, 11) is 2.05. The molecule has 3 aliphatic rings. The molecule has 0 unspecified atom stereocenters. The largest absolute Gasteiger partial charge is 0.370 e. The zero-order valence-corrected chi connectivity index (χ0v) is 23.4. The van der Waals surface area contributed by atoms with E-state index in [0.717, 1.165) is 39.0 Å². The van der Waals surface area contributed by atoms with Crippen LogP contribution in [0.5, 0.6) is 0 Å². The summed E-state index contributed by atoms with van der Waals surface area (Å²) in [6, 6.07) is 5.01. The third kappa shape index (κ3) is 5.71. The highest BCUT2D eigenvalue weighted by Gasteiger charge is 2.31.